The molecule has 0 radical (unpaired) electrons. The Morgan fingerprint density at radius 1 is 1.61 bits per heavy atom. The Balaban J connectivity index is 2.64. The third-order valence-corrected chi connectivity index (χ3v) is 2.89. The highest BCUT2D eigenvalue weighted by Crippen LogP contribution is 2.23. The van der Waals surface area contributed by atoms with Gasteiger partial charge in [-0.15, -0.1) is 0 Å². The Kier molecular flexibility index (Phi) is 3.28. The van der Waals surface area contributed by atoms with Crippen LogP contribution in [0, 0.1) is 11.3 Å². The number of nitriles is 1. The topological polar surface area (TPSA) is 67.4 Å². The van der Waals surface area contributed by atoms with Gasteiger partial charge in [0.05, 0.1) is 12.6 Å². The number of imidazole rings is 1. The summed E-state index contributed by atoms with van der Waals surface area (Å²) in [4.78, 5) is 16.0. The number of hydrogen-bond acceptors (Lipinski definition) is 4. The number of ether oxygens (including phenoxy) is 1. The van der Waals surface area contributed by atoms with Gasteiger partial charge >= 0.3 is 5.97 Å². The quantitative estimate of drug-likeness (QED) is 0.772. The van der Waals surface area contributed by atoms with Crippen LogP contribution in [0.1, 0.15) is 30.8 Å². The SMILES string of the molecule is CCC(C(=O)OC)c1nc(C#N)c2ccccn12. The lowest BCUT2D eigenvalue weighted by atomic mass is 10.1. The number of carbonyl (C=O) groups is 1. The van der Waals surface area contributed by atoms with Gasteiger partial charge in [-0.05, 0) is 18.6 Å². The predicted octanol–water partition coefficient (Wildman–Crippen LogP) is 1.87. The number of nitrogens with zero attached hydrogens (tertiary/aromatic N) is 3. The Morgan fingerprint density at radius 3 is 3.00 bits per heavy atom. The molecule has 0 bridgehead atoms. The number of esters is 1. The van der Waals surface area contributed by atoms with Crippen LogP contribution in [-0.4, -0.2) is 22.5 Å². The molecule has 0 fully saturated rings. The summed E-state index contributed by atoms with van der Waals surface area (Å²) in [5.74, 6) is -0.235. The van der Waals surface area contributed by atoms with Crippen LogP contribution >= 0.6 is 0 Å². The van der Waals surface area contributed by atoms with Crippen molar-refractivity contribution in [1.29, 1.82) is 5.26 Å². The van der Waals surface area contributed by atoms with Crippen LogP contribution in [0.4, 0.5) is 0 Å². The second-order valence-electron chi connectivity index (χ2n) is 3.87. The van der Waals surface area contributed by atoms with Gasteiger partial charge in [-0.3, -0.25) is 4.79 Å². The third kappa shape index (κ3) is 1.82. The molecule has 2 heterocycles. The summed E-state index contributed by atoms with van der Waals surface area (Å²) < 4.78 is 6.54. The fourth-order valence-electron chi connectivity index (χ4n) is 1.99. The van der Waals surface area contributed by atoms with Crippen LogP contribution in [0.3, 0.4) is 0 Å². The van der Waals surface area contributed by atoms with Gasteiger partial charge in [0.2, 0.25) is 0 Å². The van der Waals surface area contributed by atoms with E-state index >= 15 is 0 Å². The Bertz CT molecular complexity index is 625. The highest BCUT2D eigenvalue weighted by molar-refractivity contribution is 5.77. The van der Waals surface area contributed by atoms with E-state index in [9.17, 15) is 4.79 Å². The molecule has 0 amide bonds. The third-order valence-electron chi connectivity index (χ3n) is 2.89. The van der Waals surface area contributed by atoms with Crippen molar-refractivity contribution in [2.75, 3.05) is 7.11 Å². The number of carbonyl (C=O) groups excluding carboxylic acids is 1. The zero-order valence-electron chi connectivity index (χ0n) is 10.3. The smallest absolute Gasteiger partial charge is 0.316 e. The molecule has 2 aromatic heterocycles. The lowest BCUT2D eigenvalue weighted by Crippen LogP contribution is -2.16. The van der Waals surface area contributed by atoms with Crippen LogP contribution in [-0.2, 0) is 9.53 Å². The molecule has 0 aromatic carbocycles. The van der Waals surface area contributed by atoms with E-state index in [4.69, 9.17) is 10.00 Å². The Hall–Kier alpha value is -2.35. The van der Waals surface area contributed by atoms with Gasteiger partial charge in [0.15, 0.2) is 5.69 Å². The summed E-state index contributed by atoms with van der Waals surface area (Å²) in [5.41, 5.74) is 1.03. The maximum Gasteiger partial charge on any atom is 0.316 e. The van der Waals surface area contributed by atoms with Crippen molar-refractivity contribution >= 4 is 11.5 Å². The van der Waals surface area contributed by atoms with Crippen LogP contribution in [0.5, 0.6) is 0 Å². The van der Waals surface area contributed by atoms with Crippen LogP contribution in [0.2, 0.25) is 0 Å². The van der Waals surface area contributed by atoms with Crippen molar-refractivity contribution in [3.63, 3.8) is 0 Å². The molecule has 5 nitrogen and oxygen atoms in total. The first-order valence-corrected chi connectivity index (χ1v) is 5.67. The molecular weight excluding hydrogens is 230 g/mol. The van der Waals surface area contributed by atoms with E-state index in [0.717, 1.165) is 0 Å². The van der Waals surface area contributed by atoms with E-state index in [0.29, 0.717) is 23.5 Å². The maximum absolute atomic E-state index is 11.7. The standard InChI is InChI=1S/C13H13N3O2/c1-3-9(13(17)18-2)12-15-10(8-14)11-6-4-5-7-16(11)12/h4-7,9H,3H2,1-2H3. The number of aromatic nitrogens is 2. The number of rotatable bonds is 3. The minimum atomic E-state index is -0.452. The van der Waals surface area contributed by atoms with Crippen molar-refractivity contribution in [2.45, 2.75) is 19.3 Å². The average molecular weight is 243 g/mol. The summed E-state index contributed by atoms with van der Waals surface area (Å²) in [7, 11) is 1.35. The zero-order chi connectivity index (χ0) is 13.1. The minimum Gasteiger partial charge on any atom is -0.468 e. The van der Waals surface area contributed by atoms with Crippen molar-refractivity contribution < 1.29 is 9.53 Å². The van der Waals surface area contributed by atoms with Crippen molar-refractivity contribution in [2.24, 2.45) is 0 Å². The summed E-state index contributed by atoms with van der Waals surface area (Å²) in [6.07, 6.45) is 2.37. The van der Waals surface area contributed by atoms with E-state index in [1.807, 2.05) is 25.1 Å². The first-order valence-electron chi connectivity index (χ1n) is 5.67. The van der Waals surface area contributed by atoms with E-state index in [1.54, 1.807) is 16.7 Å². The highest BCUT2D eigenvalue weighted by Gasteiger charge is 2.25. The molecule has 5 heteroatoms. The van der Waals surface area contributed by atoms with Crippen molar-refractivity contribution in [3.8, 4) is 6.07 Å². The van der Waals surface area contributed by atoms with Crippen molar-refractivity contribution in [1.82, 2.24) is 9.38 Å². The van der Waals surface area contributed by atoms with E-state index in [2.05, 4.69) is 4.98 Å². The fourth-order valence-corrected chi connectivity index (χ4v) is 1.99. The van der Waals surface area contributed by atoms with E-state index in [1.165, 1.54) is 7.11 Å². The number of pyridine rings is 1. The molecule has 0 N–H and O–H groups in total. The van der Waals surface area contributed by atoms with Crippen molar-refractivity contribution in [3.05, 3.63) is 35.9 Å². The molecule has 1 atom stereocenters. The summed E-state index contributed by atoms with van der Waals surface area (Å²) in [6, 6.07) is 7.52. The predicted molar refractivity (Wildman–Crippen MR) is 65.0 cm³/mol. The lowest BCUT2D eigenvalue weighted by Gasteiger charge is -2.10. The average Bonchev–Trinajstić information content (AvgIpc) is 2.78. The van der Waals surface area contributed by atoms with Crippen LogP contribution in [0.15, 0.2) is 24.4 Å². The molecule has 0 aliphatic rings. The van der Waals surface area contributed by atoms with Gasteiger partial charge in [-0.2, -0.15) is 5.26 Å². The van der Waals surface area contributed by atoms with Gasteiger partial charge in [0.25, 0.3) is 0 Å². The maximum atomic E-state index is 11.7. The molecule has 0 aliphatic carbocycles. The van der Waals surface area contributed by atoms with Gasteiger partial charge in [0.1, 0.15) is 17.8 Å². The first-order chi connectivity index (χ1) is 8.72. The summed E-state index contributed by atoms with van der Waals surface area (Å²) >= 11 is 0. The molecule has 0 spiro atoms. The van der Waals surface area contributed by atoms with E-state index < -0.39 is 5.92 Å². The molecule has 92 valence electrons. The summed E-state index contributed by atoms with van der Waals surface area (Å²) in [5, 5.41) is 9.06. The zero-order valence-corrected chi connectivity index (χ0v) is 10.3. The molecule has 18 heavy (non-hydrogen) atoms. The van der Waals surface area contributed by atoms with Gasteiger partial charge in [0, 0.05) is 6.20 Å². The van der Waals surface area contributed by atoms with Gasteiger partial charge < -0.3 is 9.14 Å². The molecule has 2 aromatic rings. The monoisotopic (exact) mass is 243 g/mol. The van der Waals surface area contributed by atoms with Crippen LogP contribution in [0.25, 0.3) is 5.52 Å². The minimum absolute atomic E-state index is 0.327. The lowest BCUT2D eigenvalue weighted by molar-refractivity contribution is -0.142. The fraction of sp³-hybridized carbons (Fsp3) is 0.308. The highest BCUT2D eigenvalue weighted by atomic mass is 16.5. The van der Waals surface area contributed by atoms with E-state index in [-0.39, 0.29) is 5.97 Å². The van der Waals surface area contributed by atoms with Crippen LogP contribution < -0.4 is 0 Å². The second kappa shape index (κ2) is 4.88. The Morgan fingerprint density at radius 2 is 2.39 bits per heavy atom. The number of hydrogen-bond donors (Lipinski definition) is 0. The molecule has 0 saturated carbocycles. The Labute approximate surface area is 105 Å². The molecule has 1 unspecified atom stereocenters. The largest absolute Gasteiger partial charge is 0.468 e. The molecule has 2 rings (SSSR count). The number of fused-ring (bicyclic) bond motifs is 1. The summed E-state index contributed by atoms with van der Waals surface area (Å²) in [6.45, 7) is 1.89. The number of methoxy groups -OCH3 is 1. The van der Waals surface area contributed by atoms with Gasteiger partial charge in [-0.1, -0.05) is 13.0 Å². The molecule has 0 aliphatic heterocycles. The normalized spacial score (nSPS) is 12.1. The molecular formula is C13H13N3O2. The molecule has 0 saturated heterocycles. The second-order valence-corrected chi connectivity index (χ2v) is 3.87. The first kappa shape index (κ1) is 12.1. The van der Waals surface area contributed by atoms with Gasteiger partial charge in [-0.25, -0.2) is 4.98 Å².